The Kier molecular flexibility index (Phi) is 8.49. The van der Waals surface area contributed by atoms with Gasteiger partial charge in [-0.1, -0.05) is 30.3 Å². The Labute approximate surface area is 166 Å². The van der Waals surface area contributed by atoms with Crippen molar-refractivity contribution in [1.29, 1.82) is 0 Å². The summed E-state index contributed by atoms with van der Waals surface area (Å²) in [6.45, 7) is 9.93. The number of hydrogen-bond donors (Lipinski definition) is 3. The topological polar surface area (TPSA) is 71.9 Å². The van der Waals surface area contributed by atoms with Gasteiger partial charge in [0.25, 0.3) is 5.91 Å². The molecule has 0 aliphatic heterocycles. The molecule has 0 saturated carbocycles. The molecule has 0 aromatic heterocycles. The zero-order chi connectivity index (χ0) is 20.4. The van der Waals surface area contributed by atoms with Gasteiger partial charge in [-0.15, -0.1) is 0 Å². The standard InChI is InChI=1S/C22H29N3O3/c1-4-25(5-2)16-19-11-8-7-10-18(19)15-23-21(26)17-12-9-13-20(14-17)24-22(27)28-6-3/h7-14H,4-6,15-16H2,1-3H3,(H,23,26)(H,24,27)/p+1. The quantitative estimate of drug-likeness (QED) is 0.622. The van der Waals surface area contributed by atoms with Crippen LogP contribution in [0.25, 0.3) is 0 Å². The van der Waals surface area contributed by atoms with Gasteiger partial charge in [0.05, 0.1) is 19.7 Å². The third kappa shape index (κ3) is 6.39. The third-order valence-electron chi connectivity index (χ3n) is 4.64. The van der Waals surface area contributed by atoms with Crippen molar-refractivity contribution in [2.24, 2.45) is 0 Å². The molecule has 150 valence electrons. The van der Waals surface area contributed by atoms with Crippen molar-refractivity contribution in [2.45, 2.75) is 33.9 Å². The maximum Gasteiger partial charge on any atom is 0.411 e. The van der Waals surface area contributed by atoms with Crippen molar-refractivity contribution in [3.8, 4) is 0 Å². The highest BCUT2D eigenvalue weighted by Gasteiger charge is 2.12. The Balaban J connectivity index is 2.02. The van der Waals surface area contributed by atoms with E-state index in [1.807, 2.05) is 12.1 Å². The van der Waals surface area contributed by atoms with E-state index in [1.54, 1.807) is 31.2 Å². The highest BCUT2D eigenvalue weighted by Crippen LogP contribution is 2.12. The molecule has 2 rings (SSSR count). The Hall–Kier alpha value is -2.86. The summed E-state index contributed by atoms with van der Waals surface area (Å²) < 4.78 is 4.86. The molecule has 0 saturated heterocycles. The summed E-state index contributed by atoms with van der Waals surface area (Å²) in [6.07, 6.45) is -0.534. The molecule has 0 heterocycles. The van der Waals surface area contributed by atoms with Gasteiger partial charge in [-0.25, -0.2) is 4.79 Å². The molecule has 0 atom stereocenters. The largest absolute Gasteiger partial charge is 0.450 e. The van der Waals surface area contributed by atoms with Crippen LogP contribution in [0.3, 0.4) is 0 Å². The Morgan fingerprint density at radius 3 is 2.36 bits per heavy atom. The lowest BCUT2D eigenvalue weighted by molar-refractivity contribution is -0.910. The van der Waals surface area contributed by atoms with Crippen LogP contribution < -0.4 is 15.5 Å². The van der Waals surface area contributed by atoms with Gasteiger partial charge in [-0.2, -0.15) is 0 Å². The fraction of sp³-hybridized carbons (Fsp3) is 0.364. The van der Waals surface area contributed by atoms with Crippen LogP contribution in [0.4, 0.5) is 10.5 Å². The minimum Gasteiger partial charge on any atom is -0.450 e. The monoisotopic (exact) mass is 384 g/mol. The van der Waals surface area contributed by atoms with E-state index in [-0.39, 0.29) is 5.91 Å². The van der Waals surface area contributed by atoms with Gasteiger partial charge in [0.15, 0.2) is 0 Å². The number of benzene rings is 2. The van der Waals surface area contributed by atoms with Crippen molar-refractivity contribution in [1.82, 2.24) is 5.32 Å². The van der Waals surface area contributed by atoms with Crippen LogP contribution in [0.1, 0.15) is 42.3 Å². The second-order valence-corrected chi connectivity index (χ2v) is 6.51. The summed E-state index contributed by atoms with van der Waals surface area (Å²) in [4.78, 5) is 25.6. The molecule has 0 aliphatic carbocycles. The maximum absolute atomic E-state index is 12.6. The average molecular weight is 385 g/mol. The summed E-state index contributed by atoms with van der Waals surface area (Å²) in [6, 6.07) is 15.0. The van der Waals surface area contributed by atoms with Gasteiger partial charge < -0.3 is 15.0 Å². The Morgan fingerprint density at radius 2 is 1.68 bits per heavy atom. The fourth-order valence-electron chi connectivity index (χ4n) is 2.97. The summed E-state index contributed by atoms with van der Waals surface area (Å²) in [7, 11) is 0. The maximum atomic E-state index is 12.6. The lowest BCUT2D eigenvalue weighted by atomic mass is 10.1. The lowest BCUT2D eigenvalue weighted by Crippen LogP contribution is -3.10. The molecular formula is C22H30N3O3+. The fourth-order valence-corrected chi connectivity index (χ4v) is 2.97. The van der Waals surface area contributed by atoms with E-state index in [0.717, 1.165) is 25.2 Å². The smallest absolute Gasteiger partial charge is 0.411 e. The van der Waals surface area contributed by atoms with Crippen LogP contribution >= 0.6 is 0 Å². The van der Waals surface area contributed by atoms with Gasteiger partial charge >= 0.3 is 6.09 Å². The van der Waals surface area contributed by atoms with E-state index >= 15 is 0 Å². The first-order chi connectivity index (χ1) is 13.6. The minimum absolute atomic E-state index is 0.183. The first-order valence-electron chi connectivity index (χ1n) is 9.79. The first kappa shape index (κ1) is 21.4. The van der Waals surface area contributed by atoms with E-state index in [4.69, 9.17) is 4.74 Å². The van der Waals surface area contributed by atoms with E-state index in [1.165, 1.54) is 10.5 Å². The number of ether oxygens (including phenoxy) is 1. The van der Waals surface area contributed by atoms with Crippen LogP contribution in [0, 0.1) is 0 Å². The molecule has 6 nitrogen and oxygen atoms in total. The lowest BCUT2D eigenvalue weighted by Gasteiger charge is -2.18. The summed E-state index contributed by atoms with van der Waals surface area (Å²) in [5.41, 5.74) is 3.38. The van der Waals surface area contributed by atoms with E-state index in [2.05, 4.69) is 36.6 Å². The molecule has 0 spiro atoms. The predicted molar refractivity (Wildman–Crippen MR) is 110 cm³/mol. The SMILES string of the molecule is CCOC(=O)Nc1cccc(C(=O)NCc2ccccc2C[NH+](CC)CC)c1. The van der Waals surface area contributed by atoms with Crippen molar-refractivity contribution < 1.29 is 19.2 Å². The van der Waals surface area contributed by atoms with Crippen LogP contribution in [-0.2, 0) is 17.8 Å². The molecule has 0 aliphatic rings. The van der Waals surface area contributed by atoms with Crippen molar-refractivity contribution in [3.63, 3.8) is 0 Å². The zero-order valence-corrected chi connectivity index (χ0v) is 16.9. The third-order valence-corrected chi connectivity index (χ3v) is 4.64. The molecular weight excluding hydrogens is 354 g/mol. The van der Waals surface area contributed by atoms with Crippen LogP contribution in [0.2, 0.25) is 0 Å². The van der Waals surface area contributed by atoms with Crippen molar-refractivity contribution >= 4 is 17.7 Å². The van der Waals surface area contributed by atoms with Crippen LogP contribution in [-0.4, -0.2) is 31.7 Å². The average Bonchev–Trinajstić information content (AvgIpc) is 2.71. The highest BCUT2D eigenvalue weighted by molar-refractivity contribution is 5.96. The molecule has 0 unspecified atom stereocenters. The van der Waals surface area contributed by atoms with Gasteiger partial charge in [0.2, 0.25) is 0 Å². The molecule has 0 fully saturated rings. The molecule has 2 aromatic rings. The molecule has 2 amide bonds. The normalized spacial score (nSPS) is 10.6. The second kappa shape index (κ2) is 11.1. The van der Waals surface area contributed by atoms with Gasteiger partial charge in [0.1, 0.15) is 6.54 Å². The number of carbonyl (C=O) groups excluding carboxylic acids is 2. The molecule has 0 radical (unpaired) electrons. The molecule has 28 heavy (non-hydrogen) atoms. The molecule has 3 N–H and O–H groups in total. The number of anilines is 1. The van der Waals surface area contributed by atoms with Gasteiger partial charge in [-0.3, -0.25) is 10.1 Å². The highest BCUT2D eigenvalue weighted by atomic mass is 16.5. The van der Waals surface area contributed by atoms with Gasteiger partial charge in [0, 0.05) is 23.4 Å². The predicted octanol–water partition coefficient (Wildman–Crippen LogP) is 2.61. The number of quaternary nitrogens is 1. The van der Waals surface area contributed by atoms with Crippen molar-refractivity contribution in [3.05, 3.63) is 65.2 Å². The Morgan fingerprint density at radius 1 is 0.964 bits per heavy atom. The number of rotatable bonds is 9. The van der Waals surface area contributed by atoms with Crippen LogP contribution in [0.5, 0.6) is 0 Å². The number of hydrogen-bond acceptors (Lipinski definition) is 3. The van der Waals surface area contributed by atoms with Crippen LogP contribution in [0.15, 0.2) is 48.5 Å². The number of nitrogens with one attached hydrogen (secondary N) is 3. The Bertz CT molecular complexity index is 788. The zero-order valence-electron chi connectivity index (χ0n) is 16.9. The molecule has 0 bridgehead atoms. The summed E-state index contributed by atoms with van der Waals surface area (Å²) in [5.74, 6) is -0.183. The summed E-state index contributed by atoms with van der Waals surface area (Å²) in [5, 5.41) is 5.59. The molecule has 2 aromatic carbocycles. The van der Waals surface area contributed by atoms with E-state index < -0.39 is 6.09 Å². The first-order valence-corrected chi connectivity index (χ1v) is 9.79. The number of amides is 2. The van der Waals surface area contributed by atoms with E-state index in [0.29, 0.717) is 24.4 Å². The summed E-state index contributed by atoms with van der Waals surface area (Å²) >= 11 is 0. The van der Waals surface area contributed by atoms with Gasteiger partial charge in [-0.05, 0) is 44.5 Å². The van der Waals surface area contributed by atoms with Crippen molar-refractivity contribution in [2.75, 3.05) is 25.0 Å². The second-order valence-electron chi connectivity index (χ2n) is 6.51. The van der Waals surface area contributed by atoms with E-state index in [9.17, 15) is 9.59 Å². The minimum atomic E-state index is -0.534. The number of carbonyl (C=O) groups is 2. The molecule has 6 heteroatoms.